The number of carbonyl (C=O) groups excluding carboxylic acids is 1. The van der Waals surface area contributed by atoms with Gasteiger partial charge in [0.2, 0.25) is 15.9 Å². The Balaban J connectivity index is 1.47. The lowest BCUT2D eigenvalue weighted by Gasteiger charge is -2.30. The van der Waals surface area contributed by atoms with Crippen LogP contribution >= 0.6 is 0 Å². The summed E-state index contributed by atoms with van der Waals surface area (Å²) in [4.78, 5) is 12.4. The molecule has 1 amide bonds. The molecule has 0 unspecified atom stereocenters. The van der Waals surface area contributed by atoms with Gasteiger partial charge in [-0.25, -0.2) is 12.7 Å². The molecule has 6 heteroatoms. The molecule has 1 aliphatic carbocycles. The number of hydrogen-bond donors (Lipinski definition) is 1. The minimum absolute atomic E-state index is 0.0261. The Morgan fingerprint density at radius 1 is 1.15 bits per heavy atom. The molecule has 0 spiro atoms. The van der Waals surface area contributed by atoms with Crippen molar-refractivity contribution in [3.05, 3.63) is 47.0 Å². The van der Waals surface area contributed by atoms with Crippen molar-refractivity contribution in [3.8, 4) is 0 Å². The van der Waals surface area contributed by atoms with Gasteiger partial charge in [0.05, 0.1) is 5.75 Å². The van der Waals surface area contributed by atoms with Crippen LogP contribution in [0, 0.1) is 12.8 Å². The number of aryl methyl sites for hydroxylation is 1. The van der Waals surface area contributed by atoms with Gasteiger partial charge >= 0.3 is 0 Å². The van der Waals surface area contributed by atoms with Crippen LogP contribution in [-0.2, 0) is 20.6 Å². The van der Waals surface area contributed by atoms with Crippen molar-refractivity contribution in [2.75, 3.05) is 19.6 Å². The molecular weight excluding hydrogens is 360 g/mol. The molecule has 1 aromatic carbocycles. The average molecular weight is 391 g/mol. The minimum Gasteiger partial charge on any atom is -0.352 e. The summed E-state index contributed by atoms with van der Waals surface area (Å²) in [5.74, 6) is 0.00949. The Morgan fingerprint density at radius 3 is 2.48 bits per heavy atom. The third kappa shape index (κ3) is 5.66. The first kappa shape index (κ1) is 20.1. The van der Waals surface area contributed by atoms with Gasteiger partial charge in [-0.05, 0) is 51.0 Å². The Hall–Kier alpha value is -1.66. The van der Waals surface area contributed by atoms with E-state index in [-0.39, 0.29) is 17.6 Å². The summed E-state index contributed by atoms with van der Waals surface area (Å²) in [6.07, 6.45) is 8.07. The largest absolute Gasteiger partial charge is 0.352 e. The maximum atomic E-state index is 12.7. The molecule has 3 rings (SSSR count). The molecule has 1 saturated heterocycles. The number of nitrogens with one attached hydrogen (secondary N) is 1. The highest BCUT2D eigenvalue weighted by atomic mass is 32.2. The highest BCUT2D eigenvalue weighted by molar-refractivity contribution is 7.88. The topological polar surface area (TPSA) is 66.5 Å². The zero-order chi connectivity index (χ0) is 19.3. The third-order valence-corrected chi connectivity index (χ3v) is 7.41. The molecule has 5 nitrogen and oxygen atoms in total. The van der Waals surface area contributed by atoms with E-state index in [1.807, 2.05) is 31.2 Å². The van der Waals surface area contributed by atoms with Crippen LogP contribution < -0.4 is 5.32 Å². The van der Waals surface area contributed by atoms with Crippen LogP contribution in [0.25, 0.3) is 0 Å². The van der Waals surface area contributed by atoms with Crippen LogP contribution in [0.3, 0.4) is 0 Å². The quantitative estimate of drug-likeness (QED) is 0.759. The average Bonchev–Trinajstić information content (AvgIpc) is 2.69. The van der Waals surface area contributed by atoms with Gasteiger partial charge in [0.15, 0.2) is 0 Å². The Morgan fingerprint density at radius 2 is 1.85 bits per heavy atom. The number of hydrogen-bond acceptors (Lipinski definition) is 3. The van der Waals surface area contributed by atoms with E-state index >= 15 is 0 Å². The predicted molar refractivity (Wildman–Crippen MR) is 108 cm³/mol. The summed E-state index contributed by atoms with van der Waals surface area (Å²) in [5.41, 5.74) is 3.25. The molecule has 0 aromatic heterocycles. The zero-order valence-corrected chi connectivity index (χ0v) is 16.9. The van der Waals surface area contributed by atoms with E-state index in [9.17, 15) is 13.2 Å². The number of rotatable bonds is 6. The van der Waals surface area contributed by atoms with Crippen molar-refractivity contribution in [2.45, 2.75) is 51.2 Å². The number of allylic oxidation sites excluding steroid dienone is 1. The predicted octanol–water partition coefficient (Wildman–Crippen LogP) is 3.15. The molecule has 27 heavy (non-hydrogen) atoms. The van der Waals surface area contributed by atoms with Crippen molar-refractivity contribution >= 4 is 15.9 Å². The summed E-state index contributed by atoms with van der Waals surface area (Å²) >= 11 is 0. The molecule has 0 atom stereocenters. The Bertz CT molecular complexity index is 776. The molecule has 1 heterocycles. The summed E-state index contributed by atoms with van der Waals surface area (Å²) in [5, 5.41) is 3.05. The van der Waals surface area contributed by atoms with Crippen LogP contribution in [0.1, 0.15) is 49.7 Å². The van der Waals surface area contributed by atoms with Gasteiger partial charge in [0, 0.05) is 25.6 Å². The van der Waals surface area contributed by atoms with E-state index < -0.39 is 10.0 Å². The lowest BCUT2D eigenvalue weighted by atomic mass is 9.96. The van der Waals surface area contributed by atoms with Gasteiger partial charge < -0.3 is 5.32 Å². The summed E-state index contributed by atoms with van der Waals surface area (Å²) in [7, 11) is -3.34. The molecule has 0 radical (unpaired) electrons. The Kier molecular flexibility index (Phi) is 6.71. The fourth-order valence-corrected chi connectivity index (χ4v) is 5.36. The lowest BCUT2D eigenvalue weighted by Crippen LogP contribution is -2.43. The first-order valence-corrected chi connectivity index (χ1v) is 11.5. The number of sulfonamides is 1. The fraction of sp³-hybridized carbons (Fsp3) is 0.571. The van der Waals surface area contributed by atoms with Crippen molar-refractivity contribution in [2.24, 2.45) is 5.92 Å². The first-order chi connectivity index (χ1) is 12.9. The summed E-state index contributed by atoms with van der Waals surface area (Å²) in [6.45, 7) is 3.48. The van der Waals surface area contributed by atoms with Gasteiger partial charge in [-0.15, -0.1) is 0 Å². The van der Waals surface area contributed by atoms with Crippen molar-refractivity contribution < 1.29 is 13.2 Å². The molecule has 1 fully saturated rings. The van der Waals surface area contributed by atoms with Gasteiger partial charge in [-0.2, -0.15) is 0 Å². The monoisotopic (exact) mass is 390 g/mol. The molecule has 0 saturated carbocycles. The van der Waals surface area contributed by atoms with Crippen molar-refractivity contribution in [1.29, 1.82) is 0 Å². The molecule has 148 valence electrons. The standard InChI is InChI=1S/C21H30N2O3S/c1-17-7-9-19(10-8-17)16-27(25,26)23-13-11-20(12-14-23)21(24)22-15-18-5-3-2-4-6-18/h5,7-10,20H,2-4,6,11-16H2,1H3,(H,22,24). The smallest absolute Gasteiger partial charge is 0.223 e. The minimum atomic E-state index is -3.34. The number of amides is 1. The molecule has 1 aliphatic heterocycles. The van der Waals surface area contributed by atoms with Crippen LogP contribution in [0.15, 0.2) is 35.9 Å². The number of carbonyl (C=O) groups is 1. The second kappa shape index (κ2) is 9.02. The normalized spacial score (nSPS) is 19.5. The Labute approximate surface area is 162 Å². The van der Waals surface area contributed by atoms with E-state index in [4.69, 9.17) is 0 Å². The third-order valence-electron chi connectivity index (χ3n) is 5.56. The van der Waals surface area contributed by atoms with E-state index in [1.165, 1.54) is 18.4 Å². The maximum Gasteiger partial charge on any atom is 0.223 e. The second-order valence-electron chi connectivity index (χ2n) is 7.74. The van der Waals surface area contributed by atoms with E-state index in [0.29, 0.717) is 32.5 Å². The highest BCUT2D eigenvalue weighted by Crippen LogP contribution is 2.22. The lowest BCUT2D eigenvalue weighted by molar-refractivity contribution is -0.125. The highest BCUT2D eigenvalue weighted by Gasteiger charge is 2.31. The van der Waals surface area contributed by atoms with Gasteiger partial charge in [0.1, 0.15) is 0 Å². The van der Waals surface area contributed by atoms with E-state index in [0.717, 1.165) is 24.0 Å². The van der Waals surface area contributed by atoms with Crippen LogP contribution in [0.5, 0.6) is 0 Å². The zero-order valence-electron chi connectivity index (χ0n) is 16.1. The van der Waals surface area contributed by atoms with Gasteiger partial charge in [-0.1, -0.05) is 41.5 Å². The van der Waals surface area contributed by atoms with Gasteiger partial charge in [-0.3, -0.25) is 4.79 Å². The van der Waals surface area contributed by atoms with Crippen LogP contribution in [0.4, 0.5) is 0 Å². The number of piperidine rings is 1. The van der Waals surface area contributed by atoms with Crippen molar-refractivity contribution in [1.82, 2.24) is 9.62 Å². The molecule has 0 bridgehead atoms. The number of nitrogens with zero attached hydrogens (tertiary/aromatic N) is 1. The second-order valence-corrected chi connectivity index (χ2v) is 9.71. The van der Waals surface area contributed by atoms with Crippen LogP contribution in [-0.4, -0.2) is 38.3 Å². The summed E-state index contributed by atoms with van der Waals surface area (Å²) in [6, 6.07) is 7.60. The first-order valence-electron chi connectivity index (χ1n) is 9.93. The van der Waals surface area contributed by atoms with Crippen molar-refractivity contribution in [3.63, 3.8) is 0 Å². The molecular formula is C21H30N2O3S. The molecule has 1 N–H and O–H groups in total. The SMILES string of the molecule is Cc1ccc(CS(=O)(=O)N2CCC(C(=O)NCC3=CCCCC3)CC2)cc1. The maximum absolute atomic E-state index is 12.7. The molecule has 2 aliphatic rings. The fourth-order valence-electron chi connectivity index (χ4n) is 3.79. The van der Waals surface area contributed by atoms with Gasteiger partial charge in [0.25, 0.3) is 0 Å². The van der Waals surface area contributed by atoms with Crippen LogP contribution in [0.2, 0.25) is 0 Å². The van der Waals surface area contributed by atoms with E-state index in [1.54, 1.807) is 4.31 Å². The summed E-state index contributed by atoms with van der Waals surface area (Å²) < 4.78 is 26.9. The molecule has 1 aromatic rings. The van der Waals surface area contributed by atoms with E-state index in [2.05, 4.69) is 11.4 Å². The number of benzene rings is 1.